The number of aliphatic hydroxyl groups is 1. The van der Waals surface area contributed by atoms with Gasteiger partial charge in [0.25, 0.3) is 0 Å². The number of ether oxygens (including phenoxy) is 2. The van der Waals surface area contributed by atoms with Gasteiger partial charge in [0.05, 0.1) is 20.6 Å². The fourth-order valence-electron chi connectivity index (χ4n) is 1.83. The molecule has 0 rings (SSSR count). The Morgan fingerprint density at radius 1 is 1.10 bits per heavy atom. The zero-order valence-electron chi connectivity index (χ0n) is 13.2. The van der Waals surface area contributed by atoms with Crippen LogP contribution in [0.4, 0.5) is 0 Å². The molecule has 0 aliphatic rings. The molecule has 0 radical (unpaired) electrons. The molecule has 0 aromatic rings. The molecule has 7 heteroatoms. The summed E-state index contributed by atoms with van der Waals surface area (Å²) >= 11 is 0. The fraction of sp³-hybridized carbons (Fsp3) is 0.786. The third-order valence-electron chi connectivity index (χ3n) is 3.04. The Bertz CT molecular complexity index is 368. The molecule has 0 spiro atoms. The van der Waals surface area contributed by atoms with Crippen LogP contribution >= 0.6 is 0 Å². The zero-order chi connectivity index (χ0) is 16.6. The van der Waals surface area contributed by atoms with Crippen molar-refractivity contribution in [3.63, 3.8) is 0 Å². The molecule has 0 bridgehead atoms. The maximum Gasteiger partial charge on any atom is 0.328 e. The predicted molar refractivity (Wildman–Crippen MR) is 75.2 cm³/mol. The summed E-state index contributed by atoms with van der Waals surface area (Å²) < 4.78 is 9.16. The molecule has 0 fully saturated rings. The highest BCUT2D eigenvalue weighted by Crippen LogP contribution is 2.12. The summed E-state index contributed by atoms with van der Waals surface area (Å²) in [6.07, 6.45) is -0.968. The zero-order valence-corrected chi connectivity index (χ0v) is 13.2. The van der Waals surface area contributed by atoms with Crippen LogP contribution in [0.3, 0.4) is 0 Å². The van der Waals surface area contributed by atoms with Gasteiger partial charge in [-0.3, -0.25) is 9.59 Å². The summed E-state index contributed by atoms with van der Waals surface area (Å²) in [5, 5.41) is 12.2. The molecule has 0 aromatic heterocycles. The number of rotatable bonds is 8. The van der Waals surface area contributed by atoms with Crippen LogP contribution in [0, 0.1) is 11.8 Å². The first-order valence-electron chi connectivity index (χ1n) is 6.86. The highest BCUT2D eigenvalue weighted by atomic mass is 16.5. The van der Waals surface area contributed by atoms with Crippen molar-refractivity contribution in [1.82, 2.24) is 5.32 Å². The summed E-state index contributed by atoms with van der Waals surface area (Å²) in [6.45, 7) is 5.36. The van der Waals surface area contributed by atoms with Crippen LogP contribution in [-0.2, 0) is 23.9 Å². The molecule has 0 saturated heterocycles. The van der Waals surface area contributed by atoms with Crippen LogP contribution in [0.25, 0.3) is 0 Å². The van der Waals surface area contributed by atoms with Crippen molar-refractivity contribution in [2.75, 3.05) is 14.2 Å². The van der Waals surface area contributed by atoms with E-state index in [-0.39, 0.29) is 18.8 Å². The third kappa shape index (κ3) is 7.08. The Kier molecular flexibility index (Phi) is 8.61. The quantitative estimate of drug-likeness (QED) is 0.623. The molecular weight excluding hydrogens is 278 g/mol. The Morgan fingerprint density at radius 2 is 1.67 bits per heavy atom. The van der Waals surface area contributed by atoms with Crippen LogP contribution in [0.15, 0.2) is 0 Å². The first-order chi connectivity index (χ1) is 9.72. The van der Waals surface area contributed by atoms with Gasteiger partial charge in [-0.2, -0.15) is 0 Å². The topological polar surface area (TPSA) is 102 Å². The molecule has 0 heterocycles. The van der Waals surface area contributed by atoms with E-state index >= 15 is 0 Å². The summed E-state index contributed by atoms with van der Waals surface area (Å²) in [4.78, 5) is 34.9. The minimum atomic E-state index is -1.21. The standard InChI is InChI=1S/C14H25NO6/c1-8(2)6-10(16)13(18)15-12(14(19)21-5)9(3)7-11(17)20-4/h8-10,12,16H,6-7H2,1-5H3,(H,15,18)/t9-,10-,12+/m1/s1. The maximum atomic E-state index is 11.9. The van der Waals surface area contributed by atoms with Crippen LogP contribution in [0.2, 0.25) is 0 Å². The van der Waals surface area contributed by atoms with E-state index in [1.54, 1.807) is 6.92 Å². The lowest BCUT2D eigenvalue weighted by Gasteiger charge is -2.23. The summed E-state index contributed by atoms with van der Waals surface area (Å²) in [5.74, 6) is -2.20. The number of esters is 2. The van der Waals surface area contributed by atoms with Gasteiger partial charge in [0.2, 0.25) is 5.91 Å². The third-order valence-corrected chi connectivity index (χ3v) is 3.04. The smallest absolute Gasteiger partial charge is 0.328 e. The first-order valence-corrected chi connectivity index (χ1v) is 6.86. The Balaban J connectivity index is 4.80. The van der Waals surface area contributed by atoms with Gasteiger partial charge in [0.1, 0.15) is 12.1 Å². The van der Waals surface area contributed by atoms with Crippen LogP contribution < -0.4 is 5.32 Å². The number of hydrogen-bond acceptors (Lipinski definition) is 6. The monoisotopic (exact) mass is 303 g/mol. The number of carbonyl (C=O) groups excluding carboxylic acids is 3. The number of hydrogen-bond donors (Lipinski definition) is 2. The summed E-state index contributed by atoms with van der Waals surface area (Å²) in [6, 6.07) is -1.01. The lowest BCUT2D eigenvalue weighted by Crippen LogP contribution is -2.49. The molecular formula is C14H25NO6. The van der Waals surface area contributed by atoms with Gasteiger partial charge in [-0.25, -0.2) is 4.79 Å². The summed E-state index contributed by atoms with van der Waals surface area (Å²) in [7, 11) is 2.43. The first kappa shape index (κ1) is 19.4. The number of nitrogens with one attached hydrogen (secondary N) is 1. The minimum absolute atomic E-state index is 0.0448. The predicted octanol–water partition coefficient (Wildman–Crippen LogP) is 0.250. The van der Waals surface area contributed by atoms with Gasteiger partial charge in [0.15, 0.2) is 0 Å². The molecule has 0 aliphatic heterocycles. The largest absolute Gasteiger partial charge is 0.469 e. The SMILES string of the molecule is COC(=O)C[C@@H](C)[C@H](NC(=O)[C@H](O)CC(C)C)C(=O)OC. The molecule has 0 aromatic carbocycles. The fourth-order valence-corrected chi connectivity index (χ4v) is 1.83. The minimum Gasteiger partial charge on any atom is -0.469 e. The van der Waals surface area contributed by atoms with Gasteiger partial charge in [-0.15, -0.1) is 0 Å². The second-order valence-corrected chi connectivity index (χ2v) is 5.41. The van der Waals surface area contributed by atoms with E-state index in [0.29, 0.717) is 0 Å². The van der Waals surface area contributed by atoms with Crippen molar-refractivity contribution in [3.05, 3.63) is 0 Å². The normalized spacial score (nSPS) is 15.0. The number of methoxy groups -OCH3 is 2. The van der Waals surface area contributed by atoms with Crippen molar-refractivity contribution in [2.24, 2.45) is 11.8 Å². The molecule has 7 nitrogen and oxygen atoms in total. The van der Waals surface area contributed by atoms with E-state index in [9.17, 15) is 19.5 Å². The summed E-state index contributed by atoms with van der Waals surface area (Å²) in [5.41, 5.74) is 0. The Morgan fingerprint density at radius 3 is 2.10 bits per heavy atom. The Hall–Kier alpha value is -1.63. The van der Waals surface area contributed by atoms with Crippen molar-refractivity contribution >= 4 is 17.8 Å². The van der Waals surface area contributed by atoms with E-state index in [0.717, 1.165) is 0 Å². The van der Waals surface area contributed by atoms with Gasteiger partial charge in [-0.1, -0.05) is 20.8 Å². The molecule has 3 atom stereocenters. The highest BCUT2D eigenvalue weighted by molar-refractivity contribution is 5.87. The lowest BCUT2D eigenvalue weighted by atomic mass is 9.97. The molecule has 0 unspecified atom stereocenters. The molecule has 122 valence electrons. The molecule has 21 heavy (non-hydrogen) atoms. The van der Waals surface area contributed by atoms with E-state index in [4.69, 9.17) is 0 Å². The average Bonchev–Trinajstić information content (AvgIpc) is 2.42. The number of aliphatic hydroxyl groups excluding tert-OH is 1. The molecule has 0 saturated carbocycles. The second-order valence-electron chi connectivity index (χ2n) is 5.41. The number of amides is 1. The van der Waals surface area contributed by atoms with Crippen LogP contribution in [-0.4, -0.2) is 49.3 Å². The Labute approximate surface area is 125 Å². The van der Waals surface area contributed by atoms with E-state index in [2.05, 4.69) is 14.8 Å². The lowest BCUT2D eigenvalue weighted by molar-refractivity contribution is -0.149. The van der Waals surface area contributed by atoms with Gasteiger partial charge >= 0.3 is 11.9 Å². The average molecular weight is 303 g/mol. The van der Waals surface area contributed by atoms with Crippen molar-refractivity contribution in [2.45, 2.75) is 45.8 Å². The van der Waals surface area contributed by atoms with Gasteiger partial charge in [0, 0.05) is 0 Å². The number of carbonyl (C=O) groups is 3. The molecule has 2 N–H and O–H groups in total. The van der Waals surface area contributed by atoms with Crippen molar-refractivity contribution in [3.8, 4) is 0 Å². The van der Waals surface area contributed by atoms with E-state index in [1.807, 2.05) is 13.8 Å². The van der Waals surface area contributed by atoms with Crippen LogP contribution in [0.5, 0.6) is 0 Å². The highest BCUT2D eigenvalue weighted by Gasteiger charge is 2.31. The van der Waals surface area contributed by atoms with E-state index in [1.165, 1.54) is 14.2 Å². The molecule has 1 amide bonds. The molecule has 0 aliphatic carbocycles. The van der Waals surface area contributed by atoms with E-state index < -0.39 is 35.9 Å². The van der Waals surface area contributed by atoms with Crippen molar-refractivity contribution in [1.29, 1.82) is 0 Å². The maximum absolute atomic E-state index is 11.9. The van der Waals surface area contributed by atoms with Crippen LogP contribution in [0.1, 0.15) is 33.6 Å². The second kappa shape index (κ2) is 9.33. The van der Waals surface area contributed by atoms with Gasteiger partial charge < -0.3 is 19.9 Å². The van der Waals surface area contributed by atoms with Gasteiger partial charge in [-0.05, 0) is 18.3 Å². The van der Waals surface area contributed by atoms with Crippen molar-refractivity contribution < 1.29 is 29.0 Å².